The van der Waals surface area contributed by atoms with E-state index in [9.17, 15) is 4.79 Å². The van der Waals surface area contributed by atoms with E-state index in [0.717, 1.165) is 41.3 Å². The third kappa shape index (κ3) is 2.18. The van der Waals surface area contributed by atoms with Crippen molar-refractivity contribution < 1.29 is 14.1 Å². The smallest absolute Gasteiger partial charge is 0.265 e. The fraction of sp³-hybridized carbons (Fsp3) is 0.375. The second kappa shape index (κ2) is 4.62. The molecular weight excluding hydrogens is 268 g/mol. The maximum Gasteiger partial charge on any atom is 0.265 e. The highest BCUT2D eigenvalue weighted by Crippen LogP contribution is 2.44. The molecule has 0 radical (unpaired) electrons. The van der Waals surface area contributed by atoms with Crippen molar-refractivity contribution >= 4 is 11.6 Å². The number of amides is 1. The van der Waals surface area contributed by atoms with Gasteiger partial charge < -0.3 is 14.6 Å². The van der Waals surface area contributed by atoms with Crippen LogP contribution in [0.4, 0.5) is 5.69 Å². The molecule has 0 bridgehead atoms. The first-order valence-electron chi connectivity index (χ1n) is 7.24. The van der Waals surface area contributed by atoms with Crippen LogP contribution in [0.5, 0.6) is 5.75 Å². The summed E-state index contributed by atoms with van der Waals surface area (Å²) in [4.78, 5) is 12.4. The van der Waals surface area contributed by atoms with Gasteiger partial charge >= 0.3 is 0 Å². The van der Waals surface area contributed by atoms with E-state index in [1.165, 1.54) is 0 Å². The molecule has 4 rings (SSSR count). The molecule has 2 aliphatic rings. The standard InChI is InChI=1S/C16H16N2O3/c1-9-14(15(21-18-9)10-6-7-10)17-16(19)13-8-11-4-2-3-5-12(11)20-13/h2-5,10,13H,6-8H2,1H3,(H,17,19)/t13-/m1/s1. The highest BCUT2D eigenvalue weighted by Gasteiger charge is 2.34. The van der Waals surface area contributed by atoms with E-state index in [1.54, 1.807) is 0 Å². The number of aromatic nitrogens is 1. The molecule has 1 aliphatic heterocycles. The Bertz CT molecular complexity index is 678. The number of nitrogens with one attached hydrogen (secondary N) is 1. The zero-order valence-electron chi connectivity index (χ0n) is 11.8. The van der Waals surface area contributed by atoms with Crippen LogP contribution in [-0.2, 0) is 11.2 Å². The van der Waals surface area contributed by atoms with E-state index in [-0.39, 0.29) is 5.91 Å². The molecule has 2 heterocycles. The lowest BCUT2D eigenvalue weighted by Gasteiger charge is -2.11. The molecule has 21 heavy (non-hydrogen) atoms. The van der Waals surface area contributed by atoms with Crippen LogP contribution in [0.2, 0.25) is 0 Å². The molecule has 5 nitrogen and oxygen atoms in total. The van der Waals surface area contributed by atoms with Crippen LogP contribution in [0.25, 0.3) is 0 Å². The molecule has 1 aromatic carbocycles. The summed E-state index contributed by atoms with van der Waals surface area (Å²) in [5, 5.41) is 6.90. The van der Waals surface area contributed by atoms with Crippen molar-refractivity contribution in [3.8, 4) is 5.75 Å². The number of carbonyl (C=O) groups excluding carboxylic acids is 1. The summed E-state index contributed by atoms with van der Waals surface area (Å²) < 4.78 is 11.0. The van der Waals surface area contributed by atoms with Gasteiger partial charge in [-0.25, -0.2) is 0 Å². The summed E-state index contributed by atoms with van der Waals surface area (Å²) in [6.45, 7) is 1.84. The Balaban J connectivity index is 1.51. The number of fused-ring (bicyclic) bond motifs is 1. The van der Waals surface area contributed by atoms with Crippen molar-refractivity contribution in [2.45, 2.75) is 38.2 Å². The van der Waals surface area contributed by atoms with Gasteiger partial charge in [0.15, 0.2) is 11.9 Å². The fourth-order valence-electron chi connectivity index (χ4n) is 2.70. The predicted molar refractivity (Wildman–Crippen MR) is 76.4 cm³/mol. The van der Waals surface area contributed by atoms with Gasteiger partial charge in [0.25, 0.3) is 5.91 Å². The van der Waals surface area contributed by atoms with Gasteiger partial charge in [-0.1, -0.05) is 23.4 Å². The Morgan fingerprint density at radius 1 is 1.33 bits per heavy atom. The van der Waals surface area contributed by atoms with E-state index >= 15 is 0 Å². The molecule has 2 aromatic rings. The van der Waals surface area contributed by atoms with Crippen LogP contribution < -0.4 is 10.1 Å². The van der Waals surface area contributed by atoms with Gasteiger partial charge in [-0.05, 0) is 31.4 Å². The van der Waals surface area contributed by atoms with Crippen molar-refractivity contribution in [1.82, 2.24) is 5.16 Å². The molecule has 1 saturated carbocycles. The van der Waals surface area contributed by atoms with E-state index in [0.29, 0.717) is 12.3 Å². The lowest BCUT2D eigenvalue weighted by atomic mass is 10.1. The Morgan fingerprint density at radius 3 is 2.90 bits per heavy atom. The second-order valence-corrected chi connectivity index (χ2v) is 5.69. The van der Waals surface area contributed by atoms with Crippen LogP contribution in [-0.4, -0.2) is 17.2 Å². The van der Waals surface area contributed by atoms with E-state index < -0.39 is 6.10 Å². The van der Waals surface area contributed by atoms with Crippen LogP contribution in [0.15, 0.2) is 28.8 Å². The largest absolute Gasteiger partial charge is 0.480 e. The molecule has 5 heteroatoms. The Hall–Kier alpha value is -2.30. The average Bonchev–Trinajstić information content (AvgIpc) is 3.13. The molecule has 0 unspecified atom stereocenters. The molecule has 1 N–H and O–H groups in total. The summed E-state index contributed by atoms with van der Waals surface area (Å²) >= 11 is 0. The highest BCUT2D eigenvalue weighted by molar-refractivity contribution is 5.96. The number of benzene rings is 1. The topological polar surface area (TPSA) is 64.4 Å². The minimum atomic E-state index is -0.483. The molecule has 1 amide bonds. The summed E-state index contributed by atoms with van der Waals surface area (Å²) in [5.74, 6) is 1.86. The number of aryl methyl sites for hydroxylation is 1. The van der Waals surface area contributed by atoms with Gasteiger partial charge in [0.05, 0.1) is 0 Å². The van der Waals surface area contributed by atoms with Crippen molar-refractivity contribution in [2.24, 2.45) is 0 Å². The lowest BCUT2D eigenvalue weighted by Crippen LogP contribution is -2.31. The number of hydrogen-bond donors (Lipinski definition) is 1. The summed E-state index contributed by atoms with van der Waals surface area (Å²) in [5.41, 5.74) is 2.52. The molecule has 1 fully saturated rings. The number of anilines is 1. The van der Waals surface area contributed by atoms with E-state index in [1.807, 2.05) is 31.2 Å². The number of carbonyl (C=O) groups is 1. The van der Waals surface area contributed by atoms with Gasteiger partial charge in [0.2, 0.25) is 0 Å². The van der Waals surface area contributed by atoms with Crippen molar-refractivity contribution in [1.29, 1.82) is 0 Å². The van der Waals surface area contributed by atoms with Gasteiger partial charge in [0, 0.05) is 12.3 Å². The monoisotopic (exact) mass is 284 g/mol. The van der Waals surface area contributed by atoms with Crippen LogP contribution >= 0.6 is 0 Å². The summed E-state index contributed by atoms with van der Waals surface area (Å²) in [6, 6.07) is 7.75. The highest BCUT2D eigenvalue weighted by atomic mass is 16.5. The Kier molecular flexibility index (Phi) is 2.74. The second-order valence-electron chi connectivity index (χ2n) is 5.69. The molecule has 0 spiro atoms. The third-order valence-electron chi connectivity index (χ3n) is 4.03. The summed E-state index contributed by atoms with van der Waals surface area (Å²) in [6.07, 6.45) is 2.32. The molecule has 0 saturated heterocycles. The fourth-order valence-corrected chi connectivity index (χ4v) is 2.70. The predicted octanol–water partition coefficient (Wildman–Crippen LogP) is 2.80. The average molecular weight is 284 g/mol. The summed E-state index contributed by atoms with van der Waals surface area (Å²) in [7, 11) is 0. The van der Waals surface area contributed by atoms with Crippen LogP contribution in [0, 0.1) is 6.92 Å². The Labute approximate surface area is 122 Å². The minimum Gasteiger partial charge on any atom is -0.480 e. The van der Waals surface area contributed by atoms with Crippen LogP contribution in [0.3, 0.4) is 0 Å². The van der Waals surface area contributed by atoms with Crippen LogP contribution in [0.1, 0.15) is 35.8 Å². The quantitative estimate of drug-likeness (QED) is 0.941. The normalized spacial score (nSPS) is 20.0. The first kappa shape index (κ1) is 12.4. The number of ether oxygens (including phenoxy) is 1. The van der Waals surface area contributed by atoms with Gasteiger partial charge in [0.1, 0.15) is 17.1 Å². The maximum absolute atomic E-state index is 12.4. The number of para-hydroxylation sites is 1. The molecule has 1 aliphatic carbocycles. The third-order valence-corrected chi connectivity index (χ3v) is 4.03. The van der Waals surface area contributed by atoms with Crippen molar-refractivity contribution in [3.05, 3.63) is 41.3 Å². The first-order valence-corrected chi connectivity index (χ1v) is 7.24. The van der Waals surface area contributed by atoms with Gasteiger partial charge in [-0.2, -0.15) is 0 Å². The van der Waals surface area contributed by atoms with E-state index in [2.05, 4.69) is 10.5 Å². The first-order chi connectivity index (χ1) is 10.2. The van der Waals surface area contributed by atoms with E-state index in [4.69, 9.17) is 9.26 Å². The zero-order valence-corrected chi connectivity index (χ0v) is 11.8. The molecule has 108 valence electrons. The van der Waals surface area contributed by atoms with Crippen molar-refractivity contribution in [3.63, 3.8) is 0 Å². The molecular formula is C16H16N2O3. The molecule has 1 aromatic heterocycles. The van der Waals surface area contributed by atoms with Gasteiger partial charge in [-0.15, -0.1) is 0 Å². The van der Waals surface area contributed by atoms with Crippen molar-refractivity contribution in [2.75, 3.05) is 5.32 Å². The van der Waals surface area contributed by atoms with Gasteiger partial charge in [-0.3, -0.25) is 4.79 Å². The SMILES string of the molecule is Cc1noc(C2CC2)c1NC(=O)[C@H]1Cc2ccccc2O1. The Morgan fingerprint density at radius 2 is 2.14 bits per heavy atom. The zero-order chi connectivity index (χ0) is 14.4. The number of rotatable bonds is 3. The molecule has 1 atom stereocenters. The number of hydrogen-bond acceptors (Lipinski definition) is 4. The minimum absolute atomic E-state index is 0.139. The maximum atomic E-state index is 12.4. The number of nitrogens with zero attached hydrogens (tertiary/aromatic N) is 1. The lowest BCUT2D eigenvalue weighted by molar-refractivity contribution is -0.122.